The lowest BCUT2D eigenvalue weighted by Gasteiger charge is -2.14. The van der Waals surface area contributed by atoms with Crippen LogP contribution in [-0.2, 0) is 6.42 Å². The normalized spacial score (nSPS) is 12.4. The van der Waals surface area contributed by atoms with Crippen LogP contribution in [0, 0.1) is 11.6 Å². The van der Waals surface area contributed by atoms with Gasteiger partial charge in [-0.05, 0) is 35.7 Å². The molecule has 0 aliphatic rings. The van der Waals surface area contributed by atoms with Crippen LogP contribution in [0.1, 0.15) is 17.2 Å². The third-order valence-corrected chi connectivity index (χ3v) is 3.15. The Balaban J connectivity index is 2.19. The van der Waals surface area contributed by atoms with Crippen LogP contribution in [0.5, 0.6) is 0 Å². The molecule has 2 aromatic rings. The third-order valence-electron chi connectivity index (χ3n) is 2.75. The highest BCUT2D eigenvalue weighted by Crippen LogP contribution is 2.26. The van der Waals surface area contributed by atoms with Gasteiger partial charge in [0.05, 0.1) is 5.02 Å². The molecule has 0 fully saturated rings. The Labute approximate surface area is 109 Å². The summed E-state index contributed by atoms with van der Waals surface area (Å²) in [5.74, 6) is -0.778. The van der Waals surface area contributed by atoms with Crippen molar-refractivity contribution in [3.05, 3.63) is 70.2 Å². The summed E-state index contributed by atoms with van der Waals surface area (Å²) in [7, 11) is 0. The lowest BCUT2D eigenvalue weighted by atomic mass is 9.99. The van der Waals surface area contributed by atoms with Crippen LogP contribution in [0.25, 0.3) is 0 Å². The molecule has 94 valence electrons. The van der Waals surface area contributed by atoms with Gasteiger partial charge in [0.2, 0.25) is 0 Å². The molecular weight excluding hydrogens is 256 g/mol. The molecule has 1 unspecified atom stereocenters. The molecule has 4 heteroatoms. The number of hydrogen-bond acceptors (Lipinski definition) is 1. The fourth-order valence-electron chi connectivity index (χ4n) is 1.79. The Kier molecular flexibility index (Phi) is 3.94. The van der Waals surface area contributed by atoms with Crippen LogP contribution in [0.15, 0.2) is 42.5 Å². The van der Waals surface area contributed by atoms with Crippen molar-refractivity contribution in [2.24, 2.45) is 5.73 Å². The van der Waals surface area contributed by atoms with Crippen molar-refractivity contribution in [3.63, 3.8) is 0 Å². The number of nitrogens with two attached hydrogens (primary N) is 1. The van der Waals surface area contributed by atoms with Crippen LogP contribution < -0.4 is 5.73 Å². The van der Waals surface area contributed by atoms with Gasteiger partial charge < -0.3 is 5.73 Å². The van der Waals surface area contributed by atoms with E-state index in [9.17, 15) is 8.78 Å². The standard InChI is InChI=1S/C14H12ClF2N/c15-14-11(2-1-3-12(14)17)13(18)8-9-4-6-10(16)7-5-9/h1-7,13H,8,18H2. The van der Waals surface area contributed by atoms with Crippen molar-refractivity contribution in [3.8, 4) is 0 Å². The average molecular weight is 268 g/mol. The molecule has 1 nitrogen and oxygen atoms in total. The first-order valence-corrected chi connectivity index (χ1v) is 5.89. The minimum Gasteiger partial charge on any atom is -0.324 e. The van der Waals surface area contributed by atoms with Gasteiger partial charge in [-0.25, -0.2) is 8.78 Å². The van der Waals surface area contributed by atoms with Crippen LogP contribution in [0.4, 0.5) is 8.78 Å². The molecule has 0 spiro atoms. The van der Waals surface area contributed by atoms with Crippen molar-refractivity contribution in [2.45, 2.75) is 12.5 Å². The number of halogens is 3. The molecule has 2 N–H and O–H groups in total. The van der Waals surface area contributed by atoms with E-state index in [1.165, 1.54) is 18.2 Å². The number of benzene rings is 2. The van der Waals surface area contributed by atoms with Crippen molar-refractivity contribution in [1.82, 2.24) is 0 Å². The zero-order chi connectivity index (χ0) is 13.1. The van der Waals surface area contributed by atoms with E-state index in [1.54, 1.807) is 24.3 Å². The molecule has 0 aliphatic carbocycles. The maximum Gasteiger partial charge on any atom is 0.142 e. The predicted octanol–water partition coefficient (Wildman–Crippen LogP) is 3.86. The largest absolute Gasteiger partial charge is 0.324 e. The zero-order valence-corrected chi connectivity index (χ0v) is 10.3. The Bertz CT molecular complexity index is 540. The first-order chi connectivity index (χ1) is 8.58. The van der Waals surface area contributed by atoms with Crippen LogP contribution >= 0.6 is 11.6 Å². The summed E-state index contributed by atoms with van der Waals surface area (Å²) in [6.45, 7) is 0. The summed E-state index contributed by atoms with van der Waals surface area (Å²) < 4.78 is 26.1. The lowest BCUT2D eigenvalue weighted by molar-refractivity contribution is 0.618. The number of hydrogen-bond donors (Lipinski definition) is 1. The average Bonchev–Trinajstić information content (AvgIpc) is 2.35. The molecule has 1 atom stereocenters. The first-order valence-electron chi connectivity index (χ1n) is 5.52. The maximum atomic E-state index is 13.3. The van der Waals surface area contributed by atoms with Crippen molar-refractivity contribution >= 4 is 11.6 Å². The van der Waals surface area contributed by atoms with E-state index in [4.69, 9.17) is 17.3 Å². The molecule has 0 aromatic heterocycles. The molecule has 0 amide bonds. The second-order valence-electron chi connectivity index (χ2n) is 4.08. The fraction of sp³-hybridized carbons (Fsp3) is 0.143. The van der Waals surface area contributed by atoms with Gasteiger partial charge >= 0.3 is 0 Å². The first kappa shape index (κ1) is 13.0. The van der Waals surface area contributed by atoms with Crippen molar-refractivity contribution < 1.29 is 8.78 Å². The smallest absolute Gasteiger partial charge is 0.142 e. The summed E-state index contributed by atoms with van der Waals surface area (Å²) in [5, 5.41) is 0.0483. The highest BCUT2D eigenvalue weighted by molar-refractivity contribution is 6.31. The fourth-order valence-corrected chi connectivity index (χ4v) is 2.06. The van der Waals surface area contributed by atoms with Gasteiger partial charge in [-0.1, -0.05) is 35.9 Å². The van der Waals surface area contributed by atoms with E-state index in [-0.39, 0.29) is 10.8 Å². The monoisotopic (exact) mass is 267 g/mol. The summed E-state index contributed by atoms with van der Waals surface area (Å²) in [5.41, 5.74) is 7.43. The highest BCUT2D eigenvalue weighted by atomic mass is 35.5. The summed E-state index contributed by atoms with van der Waals surface area (Å²) in [6.07, 6.45) is 0.476. The summed E-state index contributed by atoms with van der Waals surface area (Å²) in [6, 6.07) is 10.2. The predicted molar refractivity (Wildman–Crippen MR) is 68.4 cm³/mol. The molecule has 0 saturated heterocycles. The molecule has 0 bridgehead atoms. The highest BCUT2D eigenvalue weighted by Gasteiger charge is 2.13. The van der Waals surface area contributed by atoms with Gasteiger partial charge in [0.25, 0.3) is 0 Å². The summed E-state index contributed by atoms with van der Waals surface area (Å²) in [4.78, 5) is 0. The third kappa shape index (κ3) is 2.86. The summed E-state index contributed by atoms with van der Waals surface area (Å²) >= 11 is 5.86. The molecule has 0 aliphatic heterocycles. The molecule has 0 heterocycles. The quantitative estimate of drug-likeness (QED) is 0.898. The minimum absolute atomic E-state index is 0.0483. The minimum atomic E-state index is -0.483. The Morgan fingerprint density at radius 1 is 1.06 bits per heavy atom. The van der Waals surface area contributed by atoms with Crippen LogP contribution in [0.3, 0.4) is 0 Å². The number of rotatable bonds is 3. The SMILES string of the molecule is NC(Cc1ccc(F)cc1)c1cccc(F)c1Cl. The van der Waals surface area contributed by atoms with E-state index in [2.05, 4.69) is 0 Å². The Hall–Kier alpha value is -1.45. The topological polar surface area (TPSA) is 26.0 Å². The van der Waals surface area contributed by atoms with Gasteiger partial charge in [-0.15, -0.1) is 0 Å². The Morgan fingerprint density at radius 2 is 1.72 bits per heavy atom. The van der Waals surface area contributed by atoms with E-state index < -0.39 is 11.9 Å². The zero-order valence-electron chi connectivity index (χ0n) is 9.54. The molecule has 0 radical (unpaired) electrons. The van der Waals surface area contributed by atoms with E-state index in [0.29, 0.717) is 12.0 Å². The molecule has 2 rings (SSSR count). The van der Waals surface area contributed by atoms with Crippen LogP contribution in [0.2, 0.25) is 5.02 Å². The van der Waals surface area contributed by atoms with Gasteiger partial charge in [0, 0.05) is 6.04 Å². The van der Waals surface area contributed by atoms with Crippen LogP contribution in [-0.4, -0.2) is 0 Å². The van der Waals surface area contributed by atoms with E-state index >= 15 is 0 Å². The maximum absolute atomic E-state index is 13.3. The van der Waals surface area contributed by atoms with Crippen molar-refractivity contribution in [2.75, 3.05) is 0 Å². The van der Waals surface area contributed by atoms with Gasteiger partial charge in [0.1, 0.15) is 11.6 Å². The van der Waals surface area contributed by atoms with Gasteiger partial charge in [0.15, 0.2) is 0 Å². The second kappa shape index (κ2) is 5.46. The molecule has 0 saturated carbocycles. The van der Waals surface area contributed by atoms with Gasteiger partial charge in [-0.2, -0.15) is 0 Å². The van der Waals surface area contributed by atoms with E-state index in [0.717, 1.165) is 5.56 Å². The Morgan fingerprint density at radius 3 is 2.39 bits per heavy atom. The second-order valence-corrected chi connectivity index (χ2v) is 4.46. The molecule has 18 heavy (non-hydrogen) atoms. The van der Waals surface area contributed by atoms with Crippen molar-refractivity contribution in [1.29, 1.82) is 0 Å². The molecule has 2 aromatic carbocycles. The molecular formula is C14H12ClF2N. The van der Waals surface area contributed by atoms with E-state index in [1.807, 2.05) is 0 Å². The lowest BCUT2D eigenvalue weighted by Crippen LogP contribution is -2.14. The van der Waals surface area contributed by atoms with Gasteiger partial charge in [-0.3, -0.25) is 0 Å².